The fourth-order valence-corrected chi connectivity index (χ4v) is 2.89. The number of aryl methyl sites for hydroxylation is 1. The zero-order valence-electron chi connectivity index (χ0n) is 14.5. The molecule has 0 heterocycles. The summed E-state index contributed by atoms with van der Waals surface area (Å²) in [6.45, 7) is 17.7. The molecule has 1 atom stereocenters. The van der Waals surface area contributed by atoms with Gasteiger partial charge < -0.3 is 5.11 Å². The number of phenolic OH excluding ortho intramolecular Hbond substituents is 1. The number of hydrogen-bond donors (Lipinski definition) is 1. The third-order valence-corrected chi connectivity index (χ3v) is 4.09. The van der Waals surface area contributed by atoms with Gasteiger partial charge >= 0.3 is 0 Å². The lowest BCUT2D eigenvalue weighted by atomic mass is 9.78. The average Bonchev–Trinajstić information content (AvgIpc) is 2.27. The Bertz CT molecular complexity index is 450. The predicted molar refractivity (Wildman–Crippen MR) is 88.6 cm³/mol. The van der Waals surface area contributed by atoms with E-state index >= 15 is 0 Å². The third kappa shape index (κ3) is 4.01. The van der Waals surface area contributed by atoms with E-state index in [-0.39, 0.29) is 5.41 Å². The molecule has 0 bridgehead atoms. The maximum absolute atomic E-state index is 10.4. The van der Waals surface area contributed by atoms with Crippen LogP contribution in [0.4, 0.5) is 0 Å². The number of phenols is 1. The lowest BCUT2D eigenvalue weighted by Crippen LogP contribution is -2.15. The van der Waals surface area contributed by atoms with Gasteiger partial charge in [-0.3, -0.25) is 0 Å². The second-order valence-electron chi connectivity index (χ2n) is 7.96. The van der Waals surface area contributed by atoms with Crippen molar-refractivity contribution in [2.75, 3.05) is 0 Å². The van der Waals surface area contributed by atoms with Crippen LogP contribution >= 0.6 is 0 Å². The van der Waals surface area contributed by atoms with E-state index in [4.69, 9.17) is 0 Å². The summed E-state index contributed by atoms with van der Waals surface area (Å²) in [5, 5.41) is 10.4. The minimum Gasteiger partial charge on any atom is -0.507 e. The summed E-state index contributed by atoms with van der Waals surface area (Å²) in [6, 6.07) is 4.41. The van der Waals surface area contributed by atoms with E-state index < -0.39 is 0 Å². The maximum Gasteiger partial charge on any atom is 0.122 e. The molecule has 0 aliphatic carbocycles. The first-order valence-electron chi connectivity index (χ1n) is 7.88. The molecule has 1 aromatic rings. The van der Waals surface area contributed by atoms with Gasteiger partial charge in [-0.2, -0.15) is 0 Å². The van der Waals surface area contributed by atoms with E-state index in [1.807, 2.05) is 6.92 Å². The summed E-state index contributed by atoms with van der Waals surface area (Å²) in [7, 11) is 0. The molecule has 20 heavy (non-hydrogen) atoms. The fraction of sp³-hybridized carbons (Fsp3) is 0.684. The molecule has 1 aromatic carbocycles. The van der Waals surface area contributed by atoms with Crippen LogP contribution in [0.3, 0.4) is 0 Å². The van der Waals surface area contributed by atoms with Crippen LogP contribution in [-0.4, -0.2) is 5.11 Å². The molecule has 0 aliphatic heterocycles. The minimum atomic E-state index is -0.0236. The van der Waals surface area contributed by atoms with E-state index in [1.54, 1.807) is 0 Å². The van der Waals surface area contributed by atoms with Gasteiger partial charge in [0, 0.05) is 0 Å². The summed E-state index contributed by atoms with van der Waals surface area (Å²) >= 11 is 0. The van der Waals surface area contributed by atoms with Crippen LogP contribution in [-0.2, 0) is 5.41 Å². The zero-order chi connectivity index (χ0) is 15.7. The van der Waals surface area contributed by atoms with E-state index in [0.717, 1.165) is 11.1 Å². The molecular formula is C19H32O. The van der Waals surface area contributed by atoms with Crippen molar-refractivity contribution in [3.8, 4) is 5.75 Å². The standard InChI is InChI=1S/C19H32O/c1-12(2)9-16(13(3)4)15-10-14(5)18(20)17(11-15)19(6,7)8/h10-13,16,20H,9H2,1-8H3. The Morgan fingerprint density at radius 2 is 1.60 bits per heavy atom. The molecular weight excluding hydrogens is 244 g/mol. The molecule has 0 spiro atoms. The van der Waals surface area contributed by atoms with Crippen molar-refractivity contribution in [3.63, 3.8) is 0 Å². The maximum atomic E-state index is 10.4. The number of rotatable bonds is 4. The summed E-state index contributed by atoms with van der Waals surface area (Å²) in [5.41, 5.74) is 3.43. The Hall–Kier alpha value is -0.980. The molecule has 0 radical (unpaired) electrons. The molecule has 0 amide bonds. The van der Waals surface area contributed by atoms with Gasteiger partial charge in [-0.15, -0.1) is 0 Å². The van der Waals surface area contributed by atoms with Crippen molar-refractivity contribution in [1.29, 1.82) is 0 Å². The van der Waals surface area contributed by atoms with E-state index in [1.165, 1.54) is 12.0 Å². The van der Waals surface area contributed by atoms with Crippen molar-refractivity contribution in [2.45, 2.75) is 73.1 Å². The Morgan fingerprint density at radius 1 is 1.05 bits per heavy atom. The molecule has 114 valence electrons. The highest BCUT2D eigenvalue weighted by Gasteiger charge is 2.24. The van der Waals surface area contributed by atoms with Crippen molar-refractivity contribution in [1.82, 2.24) is 0 Å². The van der Waals surface area contributed by atoms with Gasteiger partial charge in [0.2, 0.25) is 0 Å². The van der Waals surface area contributed by atoms with Gasteiger partial charge in [0.25, 0.3) is 0 Å². The van der Waals surface area contributed by atoms with Crippen molar-refractivity contribution >= 4 is 0 Å². The van der Waals surface area contributed by atoms with Crippen LogP contribution in [0, 0.1) is 18.8 Å². The van der Waals surface area contributed by atoms with Gasteiger partial charge in [-0.05, 0) is 53.2 Å². The van der Waals surface area contributed by atoms with Crippen molar-refractivity contribution in [2.24, 2.45) is 11.8 Å². The predicted octanol–water partition coefficient (Wildman–Crippen LogP) is 5.78. The quantitative estimate of drug-likeness (QED) is 0.738. The van der Waals surface area contributed by atoms with Gasteiger partial charge in [0.15, 0.2) is 0 Å². The van der Waals surface area contributed by atoms with Crippen LogP contribution in [0.5, 0.6) is 5.75 Å². The van der Waals surface area contributed by atoms with E-state index in [9.17, 15) is 5.11 Å². The van der Waals surface area contributed by atoms with Crippen LogP contribution in [0.15, 0.2) is 12.1 Å². The van der Waals surface area contributed by atoms with Crippen molar-refractivity contribution < 1.29 is 5.11 Å². The number of benzene rings is 1. The van der Waals surface area contributed by atoms with Crippen LogP contribution in [0.2, 0.25) is 0 Å². The summed E-state index contributed by atoms with van der Waals surface area (Å²) < 4.78 is 0. The first-order valence-corrected chi connectivity index (χ1v) is 7.88. The Morgan fingerprint density at radius 3 is 2.00 bits per heavy atom. The molecule has 1 nitrogen and oxygen atoms in total. The van der Waals surface area contributed by atoms with E-state index in [0.29, 0.717) is 23.5 Å². The smallest absolute Gasteiger partial charge is 0.122 e. The van der Waals surface area contributed by atoms with Gasteiger partial charge in [-0.25, -0.2) is 0 Å². The van der Waals surface area contributed by atoms with Crippen LogP contribution in [0.25, 0.3) is 0 Å². The third-order valence-electron chi connectivity index (χ3n) is 4.09. The molecule has 1 unspecified atom stereocenters. The Kier molecular flexibility index (Phi) is 5.29. The minimum absolute atomic E-state index is 0.0236. The molecule has 1 heteroatoms. The summed E-state index contributed by atoms with van der Waals surface area (Å²) in [4.78, 5) is 0. The normalized spacial score (nSPS) is 14.1. The molecule has 0 aliphatic rings. The van der Waals surface area contributed by atoms with Gasteiger partial charge in [-0.1, -0.05) is 60.6 Å². The fourth-order valence-electron chi connectivity index (χ4n) is 2.89. The molecule has 0 saturated heterocycles. The molecule has 1 rings (SSSR count). The largest absolute Gasteiger partial charge is 0.507 e. The molecule has 1 N–H and O–H groups in total. The average molecular weight is 276 g/mol. The first-order chi connectivity index (χ1) is 9.04. The molecule has 0 aromatic heterocycles. The lowest BCUT2D eigenvalue weighted by molar-refractivity contribution is 0.403. The molecule has 0 saturated carbocycles. The first kappa shape index (κ1) is 17.1. The van der Waals surface area contributed by atoms with E-state index in [2.05, 4.69) is 60.6 Å². The Labute approximate surface area is 125 Å². The van der Waals surface area contributed by atoms with Gasteiger partial charge in [0.1, 0.15) is 5.75 Å². The zero-order valence-corrected chi connectivity index (χ0v) is 14.5. The SMILES string of the molecule is Cc1cc(C(CC(C)C)C(C)C)cc(C(C)(C)C)c1O. The van der Waals surface area contributed by atoms with Crippen molar-refractivity contribution in [3.05, 3.63) is 28.8 Å². The lowest BCUT2D eigenvalue weighted by Gasteiger charge is -2.28. The number of aromatic hydroxyl groups is 1. The monoisotopic (exact) mass is 276 g/mol. The highest BCUT2D eigenvalue weighted by atomic mass is 16.3. The summed E-state index contributed by atoms with van der Waals surface area (Å²) in [6.07, 6.45) is 1.20. The molecule has 0 fully saturated rings. The van der Waals surface area contributed by atoms with Crippen LogP contribution in [0.1, 0.15) is 77.5 Å². The second kappa shape index (κ2) is 6.20. The summed E-state index contributed by atoms with van der Waals surface area (Å²) in [5.74, 6) is 2.34. The van der Waals surface area contributed by atoms with Crippen LogP contribution < -0.4 is 0 Å². The second-order valence-corrected chi connectivity index (χ2v) is 7.96. The van der Waals surface area contributed by atoms with Gasteiger partial charge in [0.05, 0.1) is 0 Å². The topological polar surface area (TPSA) is 20.2 Å². The number of hydrogen-bond acceptors (Lipinski definition) is 1. The highest BCUT2D eigenvalue weighted by Crippen LogP contribution is 2.39. The highest BCUT2D eigenvalue weighted by molar-refractivity contribution is 5.47. The Balaban J connectivity index is 3.34.